The zero-order valence-electron chi connectivity index (χ0n) is 10.7. The molecule has 0 heterocycles. The first-order valence-electron chi connectivity index (χ1n) is 5.43. The second-order valence-electron chi connectivity index (χ2n) is 4.98. The van der Waals surface area contributed by atoms with Crippen LogP contribution < -0.4 is 11.1 Å². The Balaban J connectivity index is 2.84. The van der Waals surface area contributed by atoms with Crippen molar-refractivity contribution in [2.75, 3.05) is 23.9 Å². The first kappa shape index (κ1) is 13.8. The Hall–Kier alpha value is -1.23. The molecule has 1 rings (SSSR count). The summed E-state index contributed by atoms with van der Waals surface area (Å²) in [6.45, 7) is 5.69. The fraction of sp³-hybridized carbons (Fsp3) is 0.500. The molecule has 0 bridgehead atoms. The molecule has 0 aliphatic heterocycles. The molecule has 0 amide bonds. The number of anilines is 2. The summed E-state index contributed by atoms with van der Waals surface area (Å²) in [6, 6.07) is 5.64. The minimum absolute atomic E-state index is 0.333. The second-order valence-corrected chi connectivity index (χ2v) is 7.63. The minimum Gasteiger partial charge on any atom is -0.397 e. The monoisotopic (exact) mass is 256 g/mol. The van der Waals surface area contributed by atoms with Gasteiger partial charge in [0, 0.05) is 12.8 Å². The number of hydrogen-bond acceptors (Lipinski definition) is 4. The van der Waals surface area contributed by atoms with Gasteiger partial charge in [-0.05, 0) is 38.5 Å². The molecule has 96 valence electrons. The summed E-state index contributed by atoms with van der Waals surface area (Å²) in [5.41, 5.74) is 8.30. The van der Waals surface area contributed by atoms with E-state index in [9.17, 15) is 8.42 Å². The molecule has 4 nitrogen and oxygen atoms in total. The highest BCUT2D eigenvalue weighted by atomic mass is 32.2. The fourth-order valence-corrected chi connectivity index (χ4v) is 1.60. The molecule has 1 aromatic rings. The van der Waals surface area contributed by atoms with Crippen LogP contribution >= 0.6 is 0 Å². The van der Waals surface area contributed by atoms with Crippen molar-refractivity contribution in [2.24, 2.45) is 0 Å². The molecule has 0 fully saturated rings. The number of hydrogen-bond donors (Lipinski definition) is 2. The van der Waals surface area contributed by atoms with Crippen LogP contribution in [0.4, 0.5) is 11.4 Å². The lowest BCUT2D eigenvalue weighted by Gasteiger charge is -2.24. The Bertz CT molecular complexity index is 507. The number of benzene rings is 1. The highest BCUT2D eigenvalue weighted by Gasteiger charge is 2.29. The molecule has 0 aliphatic carbocycles. The topological polar surface area (TPSA) is 72.2 Å². The van der Waals surface area contributed by atoms with Gasteiger partial charge >= 0.3 is 0 Å². The van der Waals surface area contributed by atoms with Gasteiger partial charge in [0.2, 0.25) is 0 Å². The zero-order chi connectivity index (χ0) is 13.3. The summed E-state index contributed by atoms with van der Waals surface area (Å²) in [5.74, 6) is 0. The van der Waals surface area contributed by atoms with Gasteiger partial charge in [0.1, 0.15) is 0 Å². The van der Waals surface area contributed by atoms with Crippen molar-refractivity contribution in [3.05, 3.63) is 23.8 Å². The Kier molecular flexibility index (Phi) is 3.71. The van der Waals surface area contributed by atoms with Gasteiger partial charge in [-0.1, -0.05) is 6.07 Å². The van der Waals surface area contributed by atoms with Crippen LogP contribution in [0.1, 0.15) is 19.4 Å². The van der Waals surface area contributed by atoms with Crippen LogP contribution in [0.25, 0.3) is 0 Å². The molecule has 3 N–H and O–H groups in total. The first-order chi connectivity index (χ1) is 7.63. The molecule has 17 heavy (non-hydrogen) atoms. The predicted molar refractivity (Wildman–Crippen MR) is 73.0 cm³/mol. The SMILES string of the molecule is Cc1ccc(N)c(NCC(C)(C)S(C)(=O)=O)c1. The Morgan fingerprint density at radius 3 is 2.47 bits per heavy atom. The van der Waals surface area contributed by atoms with Crippen LogP contribution in [0, 0.1) is 6.92 Å². The van der Waals surface area contributed by atoms with Crippen LogP contribution in [0.5, 0.6) is 0 Å². The number of rotatable bonds is 4. The molecular formula is C12H20N2O2S. The van der Waals surface area contributed by atoms with Crippen molar-refractivity contribution in [1.82, 2.24) is 0 Å². The van der Waals surface area contributed by atoms with E-state index in [4.69, 9.17) is 5.73 Å². The van der Waals surface area contributed by atoms with Gasteiger partial charge in [-0.3, -0.25) is 0 Å². The molecule has 0 spiro atoms. The van der Waals surface area contributed by atoms with E-state index < -0.39 is 14.6 Å². The maximum Gasteiger partial charge on any atom is 0.154 e. The average Bonchev–Trinajstić information content (AvgIpc) is 2.18. The summed E-state index contributed by atoms with van der Waals surface area (Å²) in [6.07, 6.45) is 1.24. The van der Waals surface area contributed by atoms with Gasteiger partial charge in [0.05, 0.1) is 16.1 Å². The fourth-order valence-electron chi connectivity index (χ4n) is 1.26. The third kappa shape index (κ3) is 3.36. The molecular weight excluding hydrogens is 236 g/mol. The van der Waals surface area contributed by atoms with Crippen LogP contribution in [-0.2, 0) is 9.84 Å². The van der Waals surface area contributed by atoms with E-state index in [1.54, 1.807) is 13.8 Å². The largest absolute Gasteiger partial charge is 0.397 e. The molecule has 0 saturated heterocycles. The smallest absolute Gasteiger partial charge is 0.154 e. The van der Waals surface area contributed by atoms with Crippen molar-refractivity contribution in [3.8, 4) is 0 Å². The summed E-state index contributed by atoms with van der Waals surface area (Å²) in [5, 5.41) is 3.10. The average molecular weight is 256 g/mol. The molecule has 0 radical (unpaired) electrons. The van der Waals surface area contributed by atoms with Gasteiger partial charge in [0.25, 0.3) is 0 Å². The molecule has 1 aromatic carbocycles. The number of nitrogens with one attached hydrogen (secondary N) is 1. The number of sulfone groups is 1. The summed E-state index contributed by atoms with van der Waals surface area (Å²) < 4.78 is 22.3. The quantitative estimate of drug-likeness (QED) is 0.806. The van der Waals surface area contributed by atoms with E-state index in [0.717, 1.165) is 11.3 Å². The summed E-state index contributed by atoms with van der Waals surface area (Å²) in [7, 11) is -3.10. The maximum absolute atomic E-state index is 11.6. The predicted octanol–water partition coefficient (Wildman–Crippen LogP) is 1.81. The van der Waals surface area contributed by atoms with Crippen LogP contribution in [0.15, 0.2) is 18.2 Å². The molecule has 0 aromatic heterocycles. The Morgan fingerprint density at radius 1 is 1.35 bits per heavy atom. The van der Waals surface area contributed by atoms with Crippen LogP contribution in [-0.4, -0.2) is 26.0 Å². The van der Waals surface area contributed by atoms with E-state index in [0.29, 0.717) is 12.2 Å². The van der Waals surface area contributed by atoms with Crippen LogP contribution in [0.3, 0.4) is 0 Å². The Morgan fingerprint density at radius 2 is 1.94 bits per heavy atom. The standard InChI is InChI=1S/C12H20N2O2S/c1-9-5-6-10(13)11(7-9)14-8-12(2,3)17(4,15)16/h5-7,14H,8,13H2,1-4H3. The zero-order valence-corrected chi connectivity index (χ0v) is 11.6. The summed E-state index contributed by atoms with van der Waals surface area (Å²) >= 11 is 0. The molecule has 5 heteroatoms. The third-order valence-corrected chi connectivity index (χ3v) is 5.07. The van der Waals surface area contributed by atoms with E-state index in [1.807, 2.05) is 25.1 Å². The van der Waals surface area contributed by atoms with Crippen molar-refractivity contribution in [1.29, 1.82) is 0 Å². The molecule has 0 atom stereocenters. The lowest BCUT2D eigenvalue weighted by molar-refractivity contribution is 0.560. The van der Waals surface area contributed by atoms with Crippen molar-refractivity contribution in [2.45, 2.75) is 25.5 Å². The molecule has 0 unspecified atom stereocenters. The lowest BCUT2D eigenvalue weighted by Crippen LogP contribution is -2.38. The first-order valence-corrected chi connectivity index (χ1v) is 7.32. The molecule has 0 saturated carbocycles. The number of aryl methyl sites for hydroxylation is 1. The van der Waals surface area contributed by atoms with E-state index in [2.05, 4.69) is 5.32 Å². The van der Waals surface area contributed by atoms with E-state index >= 15 is 0 Å². The molecule has 0 aliphatic rings. The van der Waals surface area contributed by atoms with Gasteiger partial charge in [-0.2, -0.15) is 0 Å². The van der Waals surface area contributed by atoms with Crippen molar-refractivity contribution < 1.29 is 8.42 Å². The Labute approximate surface area is 103 Å². The van der Waals surface area contributed by atoms with E-state index in [-0.39, 0.29) is 0 Å². The van der Waals surface area contributed by atoms with Crippen molar-refractivity contribution in [3.63, 3.8) is 0 Å². The minimum atomic E-state index is -3.10. The second kappa shape index (κ2) is 4.56. The highest BCUT2D eigenvalue weighted by Crippen LogP contribution is 2.22. The van der Waals surface area contributed by atoms with Gasteiger partial charge in [0.15, 0.2) is 9.84 Å². The van der Waals surface area contributed by atoms with Gasteiger partial charge in [-0.15, -0.1) is 0 Å². The van der Waals surface area contributed by atoms with Gasteiger partial charge in [-0.25, -0.2) is 8.42 Å². The normalized spacial score (nSPS) is 12.5. The summed E-state index contributed by atoms with van der Waals surface area (Å²) in [4.78, 5) is 0. The highest BCUT2D eigenvalue weighted by molar-refractivity contribution is 7.92. The number of nitrogen functional groups attached to an aromatic ring is 1. The third-order valence-electron chi connectivity index (χ3n) is 2.92. The van der Waals surface area contributed by atoms with Crippen molar-refractivity contribution >= 4 is 21.2 Å². The van der Waals surface area contributed by atoms with Crippen LogP contribution in [0.2, 0.25) is 0 Å². The maximum atomic E-state index is 11.6. The lowest BCUT2D eigenvalue weighted by atomic mass is 10.1. The van der Waals surface area contributed by atoms with E-state index in [1.165, 1.54) is 6.26 Å². The van der Waals surface area contributed by atoms with Gasteiger partial charge < -0.3 is 11.1 Å². The number of nitrogens with two attached hydrogens (primary N) is 1.